The van der Waals surface area contributed by atoms with Crippen LogP contribution in [0.1, 0.15) is 13.8 Å². The zero-order valence-corrected chi connectivity index (χ0v) is 13.6. The fraction of sp³-hybridized carbons (Fsp3) is 0.857. The maximum Gasteiger partial charge on any atom is 0.234 e. The van der Waals surface area contributed by atoms with Gasteiger partial charge in [0.1, 0.15) is 0 Å². The smallest absolute Gasteiger partial charge is 0.234 e. The molecule has 0 aromatic rings. The first kappa shape index (κ1) is 17.9. The van der Waals surface area contributed by atoms with E-state index < -0.39 is 0 Å². The highest BCUT2D eigenvalue weighted by molar-refractivity contribution is 5.80. The average molecular weight is 300 g/mol. The molecular formula is C14H28N4O3. The van der Waals surface area contributed by atoms with Gasteiger partial charge in [-0.25, -0.2) is 0 Å². The van der Waals surface area contributed by atoms with Crippen LogP contribution in [0.2, 0.25) is 0 Å². The summed E-state index contributed by atoms with van der Waals surface area (Å²) in [7, 11) is 3.34. The second-order valence-electron chi connectivity index (χ2n) is 6.03. The number of carbonyl (C=O) groups is 2. The predicted octanol–water partition coefficient (Wildman–Crippen LogP) is -1.11. The first-order chi connectivity index (χ1) is 9.85. The van der Waals surface area contributed by atoms with Crippen molar-refractivity contribution in [1.29, 1.82) is 0 Å². The Kier molecular flexibility index (Phi) is 7.07. The highest BCUT2D eigenvalue weighted by Crippen LogP contribution is 2.14. The molecular weight excluding hydrogens is 272 g/mol. The van der Waals surface area contributed by atoms with E-state index in [4.69, 9.17) is 4.74 Å². The number of hydrogen-bond donors (Lipinski definition) is 2. The number of ether oxygens (including phenoxy) is 1. The third kappa shape index (κ3) is 6.41. The summed E-state index contributed by atoms with van der Waals surface area (Å²) >= 11 is 0. The van der Waals surface area contributed by atoms with Gasteiger partial charge in [0.05, 0.1) is 26.3 Å². The fourth-order valence-electron chi connectivity index (χ4n) is 2.28. The molecule has 0 saturated carbocycles. The van der Waals surface area contributed by atoms with Gasteiger partial charge in [-0.1, -0.05) is 0 Å². The second-order valence-corrected chi connectivity index (χ2v) is 6.03. The van der Waals surface area contributed by atoms with E-state index in [1.807, 2.05) is 0 Å². The third-order valence-electron chi connectivity index (χ3n) is 3.69. The molecule has 0 aromatic heterocycles. The molecule has 7 nitrogen and oxygen atoms in total. The summed E-state index contributed by atoms with van der Waals surface area (Å²) in [6.45, 7) is 8.51. The standard InChI is InChI=1S/C14H28N4O3/c1-14(2,18-5-7-21-8-6-18)11-16-13(20)10-17(4)9-12(19)15-3/h5-11H2,1-4H3,(H,15,19)(H,16,20). The monoisotopic (exact) mass is 300 g/mol. The molecule has 2 N–H and O–H groups in total. The van der Waals surface area contributed by atoms with Crippen LogP contribution >= 0.6 is 0 Å². The van der Waals surface area contributed by atoms with Crippen molar-refractivity contribution in [3.8, 4) is 0 Å². The maximum absolute atomic E-state index is 11.9. The maximum atomic E-state index is 11.9. The van der Waals surface area contributed by atoms with Gasteiger partial charge in [-0.15, -0.1) is 0 Å². The van der Waals surface area contributed by atoms with E-state index in [1.165, 1.54) is 0 Å². The molecule has 1 aliphatic heterocycles. The van der Waals surface area contributed by atoms with Gasteiger partial charge in [-0.2, -0.15) is 0 Å². The Morgan fingerprint density at radius 2 is 1.76 bits per heavy atom. The molecule has 0 spiro atoms. The van der Waals surface area contributed by atoms with Gasteiger partial charge in [0.15, 0.2) is 0 Å². The molecule has 2 amide bonds. The van der Waals surface area contributed by atoms with Crippen LogP contribution in [0.4, 0.5) is 0 Å². The van der Waals surface area contributed by atoms with Crippen molar-refractivity contribution in [2.24, 2.45) is 0 Å². The van der Waals surface area contributed by atoms with Crippen molar-refractivity contribution in [3.05, 3.63) is 0 Å². The molecule has 1 aliphatic rings. The lowest BCUT2D eigenvalue weighted by Gasteiger charge is -2.40. The van der Waals surface area contributed by atoms with Gasteiger partial charge in [-0.05, 0) is 20.9 Å². The lowest BCUT2D eigenvalue weighted by molar-refractivity contribution is -0.124. The van der Waals surface area contributed by atoms with E-state index >= 15 is 0 Å². The quantitative estimate of drug-likeness (QED) is 0.624. The largest absolute Gasteiger partial charge is 0.379 e. The molecule has 0 aromatic carbocycles. The normalized spacial score (nSPS) is 16.8. The van der Waals surface area contributed by atoms with E-state index in [-0.39, 0.29) is 30.4 Å². The van der Waals surface area contributed by atoms with Crippen LogP contribution in [0.15, 0.2) is 0 Å². The molecule has 0 unspecified atom stereocenters. The number of nitrogens with zero attached hydrogens (tertiary/aromatic N) is 2. The van der Waals surface area contributed by atoms with Gasteiger partial charge in [0.25, 0.3) is 0 Å². The molecule has 0 bridgehead atoms. The van der Waals surface area contributed by atoms with Gasteiger partial charge in [0.2, 0.25) is 11.8 Å². The molecule has 1 fully saturated rings. The van der Waals surface area contributed by atoms with Crippen LogP contribution in [0.25, 0.3) is 0 Å². The molecule has 1 rings (SSSR count). The number of likely N-dealkylation sites (N-methyl/N-ethyl adjacent to an activating group) is 2. The molecule has 122 valence electrons. The minimum atomic E-state index is -0.0984. The highest BCUT2D eigenvalue weighted by atomic mass is 16.5. The van der Waals surface area contributed by atoms with Crippen LogP contribution in [0.5, 0.6) is 0 Å². The first-order valence-electron chi connectivity index (χ1n) is 7.34. The van der Waals surface area contributed by atoms with Crippen LogP contribution < -0.4 is 10.6 Å². The number of amides is 2. The molecule has 1 saturated heterocycles. The number of hydrogen-bond acceptors (Lipinski definition) is 5. The fourth-order valence-corrected chi connectivity index (χ4v) is 2.28. The summed E-state index contributed by atoms with van der Waals surface area (Å²) in [5.41, 5.74) is -0.0984. The molecule has 21 heavy (non-hydrogen) atoms. The lowest BCUT2D eigenvalue weighted by Crippen LogP contribution is -2.56. The average Bonchev–Trinajstić information content (AvgIpc) is 2.46. The molecule has 0 aliphatic carbocycles. The van der Waals surface area contributed by atoms with Crippen molar-refractivity contribution in [2.45, 2.75) is 19.4 Å². The van der Waals surface area contributed by atoms with Gasteiger partial charge in [0, 0.05) is 32.2 Å². The van der Waals surface area contributed by atoms with Crippen molar-refractivity contribution in [3.63, 3.8) is 0 Å². The predicted molar refractivity (Wildman–Crippen MR) is 81.0 cm³/mol. The minimum Gasteiger partial charge on any atom is -0.379 e. The van der Waals surface area contributed by atoms with E-state index in [0.29, 0.717) is 6.54 Å². The second kappa shape index (κ2) is 8.31. The van der Waals surface area contributed by atoms with Crippen LogP contribution in [-0.2, 0) is 14.3 Å². The molecule has 7 heteroatoms. The molecule has 1 heterocycles. The topological polar surface area (TPSA) is 73.9 Å². The van der Waals surface area contributed by atoms with E-state index in [1.54, 1.807) is 19.0 Å². The Morgan fingerprint density at radius 3 is 2.33 bits per heavy atom. The highest BCUT2D eigenvalue weighted by Gasteiger charge is 2.28. The van der Waals surface area contributed by atoms with Crippen LogP contribution in [0, 0.1) is 0 Å². The zero-order valence-electron chi connectivity index (χ0n) is 13.6. The van der Waals surface area contributed by atoms with E-state index in [9.17, 15) is 9.59 Å². The van der Waals surface area contributed by atoms with Gasteiger partial charge < -0.3 is 15.4 Å². The van der Waals surface area contributed by atoms with Gasteiger partial charge in [-0.3, -0.25) is 19.4 Å². The zero-order chi connectivity index (χ0) is 15.9. The third-order valence-corrected chi connectivity index (χ3v) is 3.69. The van der Waals surface area contributed by atoms with Crippen molar-refractivity contribution < 1.29 is 14.3 Å². The first-order valence-corrected chi connectivity index (χ1v) is 7.34. The van der Waals surface area contributed by atoms with Crippen LogP contribution in [0.3, 0.4) is 0 Å². The molecule has 0 atom stereocenters. The minimum absolute atomic E-state index is 0.0669. The SMILES string of the molecule is CNC(=O)CN(C)CC(=O)NCC(C)(C)N1CCOCC1. The summed E-state index contributed by atoms with van der Waals surface area (Å²) in [6.07, 6.45) is 0. The van der Waals surface area contributed by atoms with E-state index in [2.05, 4.69) is 29.4 Å². The summed E-state index contributed by atoms with van der Waals surface area (Å²) < 4.78 is 5.35. The Balaban J connectivity index is 2.32. The summed E-state index contributed by atoms with van der Waals surface area (Å²) in [5.74, 6) is -0.165. The number of nitrogens with one attached hydrogen (secondary N) is 2. The Labute approximate surface area is 127 Å². The van der Waals surface area contributed by atoms with Crippen molar-refractivity contribution in [2.75, 3.05) is 60.0 Å². The van der Waals surface area contributed by atoms with Crippen molar-refractivity contribution >= 4 is 11.8 Å². The van der Waals surface area contributed by atoms with Gasteiger partial charge >= 0.3 is 0 Å². The summed E-state index contributed by atoms with van der Waals surface area (Å²) in [4.78, 5) is 27.2. The van der Waals surface area contributed by atoms with Crippen molar-refractivity contribution in [1.82, 2.24) is 20.4 Å². The Morgan fingerprint density at radius 1 is 1.19 bits per heavy atom. The Bertz CT molecular complexity index is 354. The summed E-state index contributed by atoms with van der Waals surface area (Å²) in [5, 5.41) is 5.49. The number of morpholine rings is 1. The number of carbonyl (C=O) groups excluding carboxylic acids is 2. The van der Waals surface area contributed by atoms with Crippen LogP contribution in [-0.4, -0.2) is 87.2 Å². The summed E-state index contributed by atoms with van der Waals surface area (Å²) in [6, 6.07) is 0. The molecule has 0 radical (unpaired) electrons. The Hall–Kier alpha value is -1.18. The number of rotatable bonds is 7. The lowest BCUT2D eigenvalue weighted by atomic mass is 10.0. The van der Waals surface area contributed by atoms with E-state index in [0.717, 1.165) is 26.3 Å².